The van der Waals surface area contributed by atoms with Crippen molar-refractivity contribution in [2.45, 2.75) is 20.1 Å². The lowest BCUT2D eigenvalue weighted by atomic mass is 10.1. The molecule has 1 heterocycles. The summed E-state index contributed by atoms with van der Waals surface area (Å²) in [5, 5.41) is 18.2. The Morgan fingerprint density at radius 1 is 1.35 bits per heavy atom. The first-order valence-corrected chi connectivity index (χ1v) is 6.02. The van der Waals surface area contributed by atoms with Crippen LogP contribution in [-0.2, 0) is 13.2 Å². The van der Waals surface area contributed by atoms with Crippen LogP contribution in [0, 0.1) is 24.1 Å². The summed E-state index contributed by atoms with van der Waals surface area (Å²) in [5.74, 6) is -0.00161. The normalized spacial score (nSPS) is 10.1. The predicted octanol–water partition coefficient (Wildman–Crippen LogP) is 2.47. The van der Waals surface area contributed by atoms with E-state index < -0.39 is 5.82 Å². The van der Waals surface area contributed by atoms with E-state index in [2.05, 4.69) is 4.98 Å². The van der Waals surface area contributed by atoms with Crippen molar-refractivity contribution in [2.75, 3.05) is 0 Å². The number of nitrogens with zero attached hydrogens (tertiary/aromatic N) is 2. The summed E-state index contributed by atoms with van der Waals surface area (Å²) in [4.78, 5) is 4.15. The average Bonchev–Trinajstić information content (AvgIpc) is 2.46. The molecule has 0 aliphatic heterocycles. The lowest BCUT2D eigenvalue weighted by Gasteiger charge is -2.11. The third-order valence-corrected chi connectivity index (χ3v) is 2.79. The highest BCUT2D eigenvalue weighted by Gasteiger charge is 2.08. The van der Waals surface area contributed by atoms with Crippen molar-refractivity contribution in [2.24, 2.45) is 0 Å². The van der Waals surface area contributed by atoms with Crippen LogP contribution in [0.1, 0.15) is 22.5 Å². The van der Waals surface area contributed by atoms with Crippen LogP contribution >= 0.6 is 0 Å². The van der Waals surface area contributed by atoms with Crippen molar-refractivity contribution in [3.05, 3.63) is 58.7 Å². The highest BCUT2D eigenvalue weighted by molar-refractivity contribution is 5.38. The predicted molar refractivity (Wildman–Crippen MR) is 70.3 cm³/mol. The molecule has 1 aromatic carbocycles. The number of halogens is 1. The lowest BCUT2D eigenvalue weighted by Crippen LogP contribution is -2.03. The zero-order valence-corrected chi connectivity index (χ0v) is 10.9. The Labute approximate surface area is 116 Å². The number of pyridine rings is 1. The number of aryl methyl sites for hydroxylation is 1. The topological polar surface area (TPSA) is 66.1 Å². The minimum atomic E-state index is -0.424. The van der Waals surface area contributed by atoms with E-state index in [0.29, 0.717) is 22.6 Å². The van der Waals surface area contributed by atoms with E-state index in [9.17, 15) is 9.50 Å². The number of hydrogen-bond donors (Lipinski definition) is 1. The van der Waals surface area contributed by atoms with E-state index in [0.717, 1.165) is 5.69 Å². The van der Waals surface area contributed by atoms with Crippen LogP contribution in [0.2, 0.25) is 0 Å². The van der Waals surface area contributed by atoms with Gasteiger partial charge in [0.15, 0.2) is 0 Å². The van der Waals surface area contributed by atoms with Gasteiger partial charge in [-0.3, -0.25) is 4.98 Å². The summed E-state index contributed by atoms with van der Waals surface area (Å²) < 4.78 is 18.7. The van der Waals surface area contributed by atoms with E-state index in [1.165, 1.54) is 18.2 Å². The molecule has 0 radical (unpaired) electrons. The molecule has 0 spiro atoms. The van der Waals surface area contributed by atoms with Gasteiger partial charge < -0.3 is 9.84 Å². The Bertz CT molecular complexity index is 665. The molecule has 20 heavy (non-hydrogen) atoms. The van der Waals surface area contributed by atoms with E-state index in [4.69, 9.17) is 10.00 Å². The van der Waals surface area contributed by atoms with E-state index in [1.54, 1.807) is 12.1 Å². The number of rotatable bonds is 4. The SMILES string of the molecule is Cc1ccc(OCc2cc(F)ccc2C#N)c(CO)n1. The van der Waals surface area contributed by atoms with Gasteiger partial charge in [-0.05, 0) is 37.3 Å². The average molecular weight is 272 g/mol. The molecular formula is C15H13FN2O2. The lowest BCUT2D eigenvalue weighted by molar-refractivity contribution is 0.253. The highest BCUT2D eigenvalue weighted by atomic mass is 19.1. The minimum absolute atomic E-state index is 0.0401. The quantitative estimate of drug-likeness (QED) is 0.928. The van der Waals surface area contributed by atoms with E-state index in [-0.39, 0.29) is 13.2 Å². The Morgan fingerprint density at radius 3 is 2.85 bits per heavy atom. The maximum Gasteiger partial charge on any atom is 0.143 e. The molecule has 0 atom stereocenters. The van der Waals surface area contributed by atoms with Crippen LogP contribution < -0.4 is 4.74 Å². The largest absolute Gasteiger partial charge is 0.487 e. The Morgan fingerprint density at radius 2 is 2.15 bits per heavy atom. The number of nitriles is 1. The summed E-state index contributed by atoms with van der Waals surface area (Å²) in [6, 6.07) is 9.34. The number of aliphatic hydroxyl groups is 1. The summed E-state index contributed by atoms with van der Waals surface area (Å²) in [5.41, 5.74) is 2.00. The molecule has 0 saturated carbocycles. The van der Waals surface area contributed by atoms with Crippen LogP contribution in [0.15, 0.2) is 30.3 Å². The maximum atomic E-state index is 13.2. The summed E-state index contributed by atoms with van der Waals surface area (Å²) in [7, 11) is 0. The number of hydrogen-bond acceptors (Lipinski definition) is 4. The molecular weight excluding hydrogens is 259 g/mol. The fourth-order valence-corrected chi connectivity index (χ4v) is 1.79. The molecule has 0 aliphatic rings. The third-order valence-electron chi connectivity index (χ3n) is 2.79. The van der Waals surface area contributed by atoms with Crippen molar-refractivity contribution in [1.82, 2.24) is 4.98 Å². The van der Waals surface area contributed by atoms with E-state index in [1.807, 2.05) is 13.0 Å². The minimum Gasteiger partial charge on any atom is -0.487 e. The third kappa shape index (κ3) is 3.11. The van der Waals surface area contributed by atoms with Crippen LogP contribution in [-0.4, -0.2) is 10.1 Å². The maximum absolute atomic E-state index is 13.2. The first kappa shape index (κ1) is 14.0. The number of aromatic nitrogens is 1. The van der Waals surface area contributed by atoms with Crippen molar-refractivity contribution in [3.8, 4) is 11.8 Å². The van der Waals surface area contributed by atoms with Gasteiger partial charge in [0.1, 0.15) is 23.9 Å². The zero-order chi connectivity index (χ0) is 14.5. The smallest absolute Gasteiger partial charge is 0.143 e. The second-order valence-corrected chi connectivity index (χ2v) is 4.26. The molecule has 1 N–H and O–H groups in total. The zero-order valence-electron chi connectivity index (χ0n) is 10.9. The summed E-state index contributed by atoms with van der Waals surface area (Å²) in [6.45, 7) is 1.60. The number of benzene rings is 1. The fourth-order valence-electron chi connectivity index (χ4n) is 1.79. The van der Waals surface area contributed by atoms with Crippen molar-refractivity contribution in [1.29, 1.82) is 5.26 Å². The van der Waals surface area contributed by atoms with Gasteiger partial charge in [0.05, 0.1) is 18.2 Å². The van der Waals surface area contributed by atoms with Gasteiger partial charge in [-0.15, -0.1) is 0 Å². The molecule has 2 aromatic rings. The Hall–Kier alpha value is -2.45. The van der Waals surface area contributed by atoms with Crippen LogP contribution in [0.25, 0.3) is 0 Å². The monoisotopic (exact) mass is 272 g/mol. The standard InChI is InChI=1S/C15H13FN2O2/c1-10-2-5-15(14(8-19)18-10)20-9-12-6-13(16)4-3-11(12)7-17/h2-6,19H,8-9H2,1H3. The van der Waals surface area contributed by atoms with Crippen molar-refractivity contribution in [3.63, 3.8) is 0 Å². The Balaban J connectivity index is 2.21. The van der Waals surface area contributed by atoms with Crippen LogP contribution in [0.5, 0.6) is 5.75 Å². The molecule has 0 aliphatic carbocycles. The van der Waals surface area contributed by atoms with E-state index >= 15 is 0 Å². The molecule has 2 rings (SSSR count). The second-order valence-electron chi connectivity index (χ2n) is 4.26. The summed E-state index contributed by atoms with van der Waals surface area (Å²) in [6.07, 6.45) is 0. The molecule has 5 heteroatoms. The molecule has 0 unspecified atom stereocenters. The first-order valence-electron chi connectivity index (χ1n) is 6.02. The molecule has 102 valence electrons. The van der Waals surface area contributed by atoms with Crippen LogP contribution in [0.3, 0.4) is 0 Å². The number of aliphatic hydroxyl groups excluding tert-OH is 1. The van der Waals surface area contributed by atoms with Gasteiger partial charge in [0.2, 0.25) is 0 Å². The molecule has 0 amide bonds. The van der Waals surface area contributed by atoms with Crippen molar-refractivity contribution >= 4 is 0 Å². The second kappa shape index (κ2) is 6.13. The highest BCUT2D eigenvalue weighted by Crippen LogP contribution is 2.20. The van der Waals surface area contributed by atoms with Gasteiger partial charge in [-0.2, -0.15) is 5.26 Å². The molecule has 0 saturated heterocycles. The summed E-state index contributed by atoms with van der Waals surface area (Å²) >= 11 is 0. The fraction of sp³-hybridized carbons (Fsp3) is 0.200. The molecule has 0 fully saturated rings. The molecule has 4 nitrogen and oxygen atoms in total. The van der Waals surface area contributed by atoms with Gasteiger partial charge in [-0.1, -0.05) is 0 Å². The van der Waals surface area contributed by atoms with Gasteiger partial charge in [0.25, 0.3) is 0 Å². The molecule has 0 bridgehead atoms. The first-order chi connectivity index (χ1) is 9.63. The molecule has 1 aromatic heterocycles. The van der Waals surface area contributed by atoms with Gasteiger partial charge in [0, 0.05) is 11.3 Å². The van der Waals surface area contributed by atoms with Crippen molar-refractivity contribution < 1.29 is 14.2 Å². The Kier molecular flexibility index (Phi) is 4.28. The van der Waals surface area contributed by atoms with Gasteiger partial charge in [-0.25, -0.2) is 4.39 Å². The number of ether oxygens (including phenoxy) is 1. The van der Waals surface area contributed by atoms with Crippen LogP contribution in [0.4, 0.5) is 4.39 Å². The van der Waals surface area contributed by atoms with Gasteiger partial charge >= 0.3 is 0 Å².